The molecule has 22 heavy (non-hydrogen) atoms. The number of aromatic nitrogens is 2. The minimum absolute atomic E-state index is 0.0103. The highest BCUT2D eigenvalue weighted by Gasteiger charge is 2.06. The summed E-state index contributed by atoms with van der Waals surface area (Å²) in [4.78, 5) is 17.1. The summed E-state index contributed by atoms with van der Waals surface area (Å²) < 4.78 is 1.68. The minimum atomic E-state index is -0.0103. The molecule has 4 heteroatoms. The summed E-state index contributed by atoms with van der Waals surface area (Å²) in [6, 6.07) is 14.9. The van der Waals surface area contributed by atoms with Crippen molar-refractivity contribution < 1.29 is 0 Å². The van der Waals surface area contributed by atoms with Crippen molar-refractivity contribution in [2.45, 2.75) is 13.5 Å². The van der Waals surface area contributed by atoms with Gasteiger partial charge in [0.05, 0.1) is 10.9 Å². The second-order valence-corrected chi connectivity index (χ2v) is 5.36. The third kappa shape index (κ3) is 2.81. The molecular weight excluding hydrogens is 296 g/mol. The van der Waals surface area contributed by atoms with E-state index in [1.165, 1.54) is 0 Å². The Morgan fingerprint density at radius 2 is 1.82 bits per heavy atom. The van der Waals surface area contributed by atoms with Gasteiger partial charge in [-0.1, -0.05) is 41.9 Å². The van der Waals surface area contributed by atoms with Gasteiger partial charge in [-0.15, -0.1) is 0 Å². The second kappa shape index (κ2) is 6.16. The van der Waals surface area contributed by atoms with Gasteiger partial charge in [-0.25, -0.2) is 4.98 Å². The molecule has 110 valence electrons. The third-order valence-corrected chi connectivity index (χ3v) is 3.75. The summed E-state index contributed by atoms with van der Waals surface area (Å²) in [6.45, 7) is 2.52. The fraction of sp³-hybridized carbons (Fsp3) is 0.111. The van der Waals surface area contributed by atoms with Gasteiger partial charge in [0.2, 0.25) is 0 Å². The predicted molar refractivity (Wildman–Crippen MR) is 92.1 cm³/mol. The van der Waals surface area contributed by atoms with Crippen molar-refractivity contribution in [3.63, 3.8) is 0 Å². The van der Waals surface area contributed by atoms with Gasteiger partial charge in [-0.3, -0.25) is 9.36 Å². The molecule has 1 heterocycles. The minimum Gasteiger partial charge on any atom is -0.293 e. The van der Waals surface area contributed by atoms with Crippen LogP contribution in [0.5, 0.6) is 0 Å². The number of fused-ring (bicyclic) bond motifs is 1. The van der Waals surface area contributed by atoms with Crippen LogP contribution in [0.3, 0.4) is 0 Å². The monoisotopic (exact) mass is 310 g/mol. The molecule has 0 saturated heterocycles. The molecule has 0 aliphatic carbocycles. The molecule has 2 aromatic carbocycles. The van der Waals surface area contributed by atoms with Crippen LogP contribution in [-0.4, -0.2) is 9.55 Å². The fourth-order valence-corrected chi connectivity index (χ4v) is 2.49. The molecule has 0 atom stereocenters. The highest BCUT2D eigenvalue weighted by Crippen LogP contribution is 2.13. The van der Waals surface area contributed by atoms with Gasteiger partial charge in [0.25, 0.3) is 5.56 Å². The smallest absolute Gasteiger partial charge is 0.261 e. The fourth-order valence-electron chi connectivity index (χ4n) is 2.36. The van der Waals surface area contributed by atoms with Crippen LogP contribution in [-0.2, 0) is 6.54 Å². The van der Waals surface area contributed by atoms with E-state index in [-0.39, 0.29) is 5.56 Å². The van der Waals surface area contributed by atoms with E-state index in [1.54, 1.807) is 4.57 Å². The number of benzene rings is 2. The molecule has 3 aromatic rings. The van der Waals surface area contributed by atoms with Crippen molar-refractivity contribution in [3.8, 4) is 0 Å². The lowest BCUT2D eigenvalue weighted by atomic mass is 10.2. The number of rotatable bonds is 3. The second-order valence-electron chi connectivity index (χ2n) is 4.92. The molecule has 1 aromatic heterocycles. The first-order chi connectivity index (χ1) is 10.7. The van der Waals surface area contributed by atoms with Crippen molar-refractivity contribution >= 4 is 34.7 Å². The topological polar surface area (TPSA) is 34.9 Å². The molecule has 0 N–H and O–H groups in total. The molecule has 0 bridgehead atoms. The largest absolute Gasteiger partial charge is 0.293 e. The van der Waals surface area contributed by atoms with Gasteiger partial charge >= 0.3 is 0 Å². The molecule has 3 nitrogen and oxygen atoms in total. The average molecular weight is 311 g/mol. The summed E-state index contributed by atoms with van der Waals surface area (Å²) in [6.07, 6.45) is 3.79. The van der Waals surface area contributed by atoms with Gasteiger partial charge in [0.1, 0.15) is 5.82 Å². The zero-order valence-corrected chi connectivity index (χ0v) is 12.9. The number of hydrogen-bond acceptors (Lipinski definition) is 2. The quantitative estimate of drug-likeness (QED) is 0.725. The summed E-state index contributed by atoms with van der Waals surface area (Å²) in [5, 5.41) is 1.35. The SMILES string of the molecule is CCn1c(/C=C/c2ccc(Cl)cc2)nc2ccccc2c1=O. The number of hydrogen-bond donors (Lipinski definition) is 0. The number of para-hydroxylation sites is 1. The molecule has 0 aliphatic rings. The van der Waals surface area contributed by atoms with E-state index in [0.717, 1.165) is 5.56 Å². The van der Waals surface area contributed by atoms with Gasteiger partial charge in [-0.05, 0) is 42.8 Å². The zero-order valence-electron chi connectivity index (χ0n) is 12.2. The van der Waals surface area contributed by atoms with Crippen LogP contribution in [0.1, 0.15) is 18.3 Å². The maximum atomic E-state index is 12.5. The molecule has 0 spiro atoms. The molecular formula is C18H15ClN2O. The molecule has 3 rings (SSSR count). The van der Waals surface area contributed by atoms with Crippen LogP contribution in [0, 0.1) is 0 Å². The summed E-state index contributed by atoms with van der Waals surface area (Å²) >= 11 is 5.88. The first-order valence-electron chi connectivity index (χ1n) is 7.12. The van der Waals surface area contributed by atoms with Crippen LogP contribution in [0.15, 0.2) is 53.3 Å². The van der Waals surface area contributed by atoms with Crippen molar-refractivity contribution in [2.75, 3.05) is 0 Å². The lowest BCUT2D eigenvalue weighted by Crippen LogP contribution is -2.22. The van der Waals surface area contributed by atoms with Crippen molar-refractivity contribution in [1.82, 2.24) is 9.55 Å². The van der Waals surface area contributed by atoms with E-state index in [0.29, 0.717) is 28.3 Å². The highest BCUT2D eigenvalue weighted by molar-refractivity contribution is 6.30. The van der Waals surface area contributed by atoms with E-state index in [2.05, 4.69) is 4.98 Å². The lowest BCUT2D eigenvalue weighted by Gasteiger charge is -2.08. The summed E-state index contributed by atoms with van der Waals surface area (Å²) in [5.74, 6) is 0.654. The molecule has 0 radical (unpaired) electrons. The van der Waals surface area contributed by atoms with E-state index in [1.807, 2.05) is 67.6 Å². The lowest BCUT2D eigenvalue weighted by molar-refractivity contribution is 0.708. The summed E-state index contributed by atoms with van der Waals surface area (Å²) in [5.41, 5.74) is 1.71. The van der Waals surface area contributed by atoms with Gasteiger partial charge in [0, 0.05) is 11.6 Å². The number of halogens is 1. The maximum Gasteiger partial charge on any atom is 0.261 e. The zero-order chi connectivity index (χ0) is 15.5. The first kappa shape index (κ1) is 14.5. The molecule has 0 aliphatic heterocycles. The van der Waals surface area contributed by atoms with Gasteiger partial charge in [0.15, 0.2) is 0 Å². The molecule has 0 saturated carbocycles. The van der Waals surface area contributed by atoms with Crippen LogP contribution < -0.4 is 5.56 Å². The summed E-state index contributed by atoms with van der Waals surface area (Å²) in [7, 11) is 0. The Bertz CT molecular complexity index is 895. The van der Waals surface area contributed by atoms with E-state index < -0.39 is 0 Å². The highest BCUT2D eigenvalue weighted by atomic mass is 35.5. The maximum absolute atomic E-state index is 12.5. The van der Waals surface area contributed by atoms with Crippen LogP contribution in [0.4, 0.5) is 0 Å². The van der Waals surface area contributed by atoms with Crippen LogP contribution >= 0.6 is 11.6 Å². The number of nitrogens with zero attached hydrogens (tertiary/aromatic N) is 2. The van der Waals surface area contributed by atoms with Crippen molar-refractivity contribution in [3.05, 3.63) is 75.3 Å². The van der Waals surface area contributed by atoms with Crippen molar-refractivity contribution in [2.24, 2.45) is 0 Å². The normalized spacial score (nSPS) is 11.4. The van der Waals surface area contributed by atoms with Crippen LogP contribution in [0.2, 0.25) is 5.02 Å². The Balaban J connectivity index is 2.09. The van der Waals surface area contributed by atoms with E-state index in [9.17, 15) is 4.79 Å². The van der Waals surface area contributed by atoms with Gasteiger partial charge < -0.3 is 0 Å². The average Bonchev–Trinajstić information content (AvgIpc) is 2.54. The Morgan fingerprint density at radius 1 is 1.09 bits per heavy atom. The predicted octanol–water partition coefficient (Wildman–Crippen LogP) is 4.24. The third-order valence-electron chi connectivity index (χ3n) is 3.50. The molecule has 0 fully saturated rings. The Kier molecular flexibility index (Phi) is 4.07. The molecule has 0 amide bonds. The van der Waals surface area contributed by atoms with Gasteiger partial charge in [-0.2, -0.15) is 0 Å². The first-order valence-corrected chi connectivity index (χ1v) is 7.50. The van der Waals surface area contributed by atoms with E-state index in [4.69, 9.17) is 11.6 Å². The Hall–Kier alpha value is -2.39. The standard InChI is InChI=1S/C18H15ClN2O/c1-2-21-17(12-9-13-7-10-14(19)11-8-13)20-16-6-4-3-5-15(16)18(21)22/h3-12H,2H2,1H3/b12-9+. The van der Waals surface area contributed by atoms with Crippen molar-refractivity contribution in [1.29, 1.82) is 0 Å². The van der Waals surface area contributed by atoms with E-state index >= 15 is 0 Å². The van der Waals surface area contributed by atoms with Crippen LogP contribution in [0.25, 0.3) is 23.1 Å². The molecule has 0 unspecified atom stereocenters. The Labute approximate surface area is 133 Å². The Morgan fingerprint density at radius 3 is 2.55 bits per heavy atom.